The van der Waals surface area contributed by atoms with Gasteiger partial charge in [0.25, 0.3) is 0 Å². The van der Waals surface area contributed by atoms with E-state index in [1.54, 1.807) is 53.4 Å². The van der Waals surface area contributed by atoms with Gasteiger partial charge >= 0.3 is 5.97 Å². The zero-order chi connectivity index (χ0) is 30.9. The van der Waals surface area contributed by atoms with Crippen molar-refractivity contribution < 1.29 is 19.1 Å². The standard InChI is InChI=1S/C30H27ClN6O4S2/c1-30(2)12-21-25(22(38)13-30)24(16-8-10-17(11-9-16)27(40)41-3)18(14-32)26(33)37(21)28-35-36-29(43-28)42-15-23(39)34-20-7-5-4-6-19(20)31/h4-11,24H,12-13,15,33H2,1-3H3,(H,34,39). The van der Waals surface area contributed by atoms with Gasteiger partial charge in [-0.05, 0) is 41.7 Å². The van der Waals surface area contributed by atoms with E-state index in [4.69, 9.17) is 22.1 Å². The van der Waals surface area contributed by atoms with E-state index < -0.39 is 11.9 Å². The van der Waals surface area contributed by atoms with Gasteiger partial charge < -0.3 is 15.8 Å². The summed E-state index contributed by atoms with van der Waals surface area (Å²) in [5, 5.41) is 22.5. The second-order valence-electron chi connectivity index (χ2n) is 10.8. The van der Waals surface area contributed by atoms with E-state index >= 15 is 0 Å². The first-order valence-electron chi connectivity index (χ1n) is 13.2. The third kappa shape index (κ3) is 6.15. The maximum Gasteiger partial charge on any atom is 0.337 e. The maximum absolute atomic E-state index is 13.7. The number of anilines is 2. The number of ketones is 1. The van der Waals surface area contributed by atoms with Crippen LogP contribution in [0.3, 0.4) is 0 Å². The summed E-state index contributed by atoms with van der Waals surface area (Å²) >= 11 is 8.55. The van der Waals surface area contributed by atoms with Crippen LogP contribution in [0.15, 0.2) is 75.5 Å². The number of para-hydroxylation sites is 1. The smallest absolute Gasteiger partial charge is 0.337 e. The minimum Gasteiger partial charge on any atom is -0.465 e. The number of benzene rings is 2. The first-order chi connectivity index (χ1) is 20.5. The number of carbonyl (C=O) groups is 3. The van der Waals surface area contributed by atoms with Crippen LogP contribution < -0.4 is 16.0 Å². The predicted molar refractivity (Wildman–Crippen MR) is 166 cm³/mol. The molecule has 1 aliphatic heterocycles. The summed E-state index contributed by atoms with van der Waals surface area (Å²) in [6.07, 6.45) is 0.805. The highest BCUT2D eigenvalue weighted by Crippen LogP contribution is 2.50. The number of aromatic nitrogens is 2. The number of carbonyl (C=O) groups excluding carboxylic acids is 3. The predicted octanol–water partition coefficient (Wildman–Crippen LogP) is 5.65. The Morgan fingerprint density at radius 3 is 2.60 bits per heavy atom. The fourth-order valence-corrected chi connectivity index (χ4v) is 7.08. The van der Waals surface area contributed by atoms with Gasteiger partial charge in [-0.15, -0.1) is 10.2 Å². The van der Waals surface area contributed by atoms with Gasteiger partial charge in [-0.2, -0.15) is 5.26 Å². The number of nitrogens with zero attached hydrogens (tertiary/aromatic N) is 4. The Kier molecular flexibility index (Phi) is 8.59. The van der Waals surface area contributed by atoms with E-state index in [1.165, 1.54) is 30.2 Å². The van der Waals surface area contributed by atoms with E-state index in [0.717, 1.165) is 0 Å². The lowest BCUT2D eigenvalue weighted by Crippen LogP contribution is -2.42. The molecule has 10 nitrogen and oxygen atoms in total. The van der Waals surface area contributed by atoms with Gasteiger partial charge in [-0.3, -0.25) is 14.5 Å². The van der Waals surface area contributed by atoms with Crippen LogP contribution in [-0.2, 0) is 14.3 Å². The van der Waals surface area contributed by atoms with E-state index in [0.29, 0.717) is 55.4 Å². The lowest BCUT2D eigenvalue weighted by molar-refractivity contribution is -0.118. The fourth-order valence-electron chi connectivity index (χ4n) is 5.22. The minimum atomic E-state index is -0.707. The maximum atomic E-state index is 13.7. The Balaban J connectivity index is 1.47. The molecule has 0 bridgehead atoms. The molecule has 13 heteroatoms. The molecule has 0 radical (unpaired) electrons. The minimum absolute atomic E-state index is 0.0672. The molecule has 5 rings (SSSR count). The van der Waals surface area contributed by atoms with Crippen LogP contribution in [0.2, 0.25) is 5.02 Å². The summed E-state index contributed by atoms with van der Waals surface area (Å²) in [6.45, 7) is 4.01. The van der Waals surface area contributed by atoms with E-state index in [9.17, 15) is 19.6 Å². The molecule has 1 amide bonds. The Morgan fingerprint density at radius 2 is 1.93 bits per heavy atom. The molecule has 220 valence electrons. The molecule has 43 heavy (non-hydrogen) atoms. The molecule has 3 aromatic rings. The number of nitrogens with one attached hydrogen (secondary N) is 1. The molecule has 2 aliphatic rings. The van der Waals surface area contributed by atoms with Crippen LogP contribution in [0.25, 0.3) is 0 Å². The average molecular weight is 635 g/mol. The molecule has 0 saturated heterocycles. The number of nitrogens with two attached hydrogens (primary N) is 1. The van der Waals surface area contributed by atoms with Crippen molar-refractivity contribution in [3.63, 3.8) is 0 Å². The largest absolute Gasteiger partial charge is 0.465 e. The molecule has 0 saturated carbocycles. The Labute approximate surface area is 261 Å². The van der Waals surface area contributed by atoms with Gasteiger partial charge in [0.1, 0.15) is 5.82 Å². The Hall–Kier alpha value is -4.18. The number of allylic oxidation sites excluding steroid dienone is 3. The summed E-state index contributed by atoms with van der Waals surface area (Å²) in [4.78, 5) is 39.9. The van der Waals surface area contributed by atoms with Gasteiger partial charge in [-0.25, -0.2) is 4.79 Å². The number of rotatable bonds is 7. The van der Waals surface area contributed by atoms with Crippen molar-refractivity contribution in [1.82, 2.24) is 10.2 Å². The van der Waals surface area contributed by atoms with Gasteiger partial charge in [0.05, 0.1) is 46.7 Å². The monoisotopic (exact) mass is 634 g/mol. The fraction of sp³-hybridized carbons (Fsp3) is 0.267. The highest BCUT2D eigenvalue weighted by Gasteiger charge is 2.45. The van der Waals surface area contributed by atoms with Gasteiger partial charge in [-0.1, -0.05) is 72.8 Å². The Bertz CT molecular complexity index is 1720. The number of methoxy groups -OCH3 is 1. The average Bonchev–Trinajstić information content (AvgIpc) is 3.44. The third-order valence-electron chi connectivity index (χ3n) is 7.11. The molecule has 1 unspecified atom stereocenters. The second kappa shape index (κ2) is 12.2. The van der Waals surface area contributed by atoms with Gasteiger partial charge in [0, 0.05) is 17.7 Å². The SMILES string of the molecule is COC(=O)c1ccc(C2C(C#N)=C(N)N(c3nnc(SCC(=O)Nc4ccccc4Cl)s3)C3=C2C(=O)CC(C)(C)C3)cc1. The van der Waals surface area contributed by atoms with Crippen molar-refractivity contribution in [2.24, 2.45) is 11.1 Å². The van der Waals surface area contributed by atoms with Crippen LogP contribution in [0.5, 0.6) is 0 Å². The number of nitriles is 1. The van der Waals surface area contributed by atoms with Crippen molar-refractivity contribution in [3.8, 4) is 6.07 Å². The highest BCUT2D eigenvalue weighted by atomic mass is 35.5. The summed E-state index contributed by atoms with van der Waals surface area (Å²) in [5.74, 6) is -1.32. The molecule has 2 aromatic carbocycles. The lowest BCUT2D eigenvalue weighted by atomic mass is 9.68. The van der Waals surface area contributed by atoms with E-state index in [1.807, 2.05) is 13.8 Å². The molecule has 1 atom stereocenters. The first kappa shape index (κ1) is 30.3. The molecule has 1 aliphatic carbocycles. The third-order valence-corrected chi connectivity index (χ3v) is 9.48. The van der Waals surface area contributed by atoms with Gasteiger partial charge in [0.15, 0.2) is 10.1 Å². The molecule has 0 spiro atoms. The number of esters is 1. The van der Waals surface area contributed by atoms with Crippen LogP contribution >= 0.6 is 34.7 Å². The lowest BCUT2D eigenvalue weighted by Gasteiger charge is -2.42. The molecule has 1 aromatic heterocycles. The van der Waals surface area contributed by atoms with Crippen LogP contribution in [0.1, 0.15) is 48.5 Å². The zero-order valence-corrected chi connectivity index (χ0v) is 25.9. The number of hydrogen-bond acceptors (Lipinski definition) is 11. The summed E-state index contributed by atoms with van der Waals surface area (Å²) in [7, 11) is 1.30. The molecule has 0 fully saturated rings. The number of halogens is 1. The number of Topliss-reactive ketones (excluding diaryl/α,β-unsaturated/α-hetero) is 1. The van der Waals surface area contributed by atoms with Crippen LogP contribution in [-0.4, -0.2) is 40.7 Å². The first-order valence-corrected chi connectivity index (χ1v) is 15.4. The summed E-state index contributed by atoms with van der Waals surface area (Å²) < 4.78 is 5.32. The van der Waals surface area contributed by atoms with E-state index in [-0.39, 0.29) is 34.3 Å². The number of hydrogen-bond donors (Lipinski definition) is 2. The molecule has 3 N–H and O–H groups in total. The highest BCUT2D eigenvalue weighted by molar-refractivity contribution is 8.01. The van der Waals surface area contributed by atoms with Crippen molar-refractivity contribution >= 4 is 63.2 Å². The molecular formula is C30H27ClN6O4S2. The van der Waals surface area contributed by atoms with Crippen molar-refractivity contribution in [3.05, 3.63) is 87.3 Å². The second-order valence-corrected chi connectivity index (χ2v) is 13.3. The number of ether oxygens (including phenoxy) is 1. The topological polar surface area (TPSA) is 151 Å². The van der Waals surface area contributed by atoms with E-state index in [2.05, 4.69) is 21.6 Å². The quantitative estimate of drug-likeness (QED) is 0.246. The molecule has 2 heterocycles. The number of amides is 1. The van der Waals surface area contributed by atoms with Crippen molar-refractivity contribution in [1.29, 1.82) is 5.26 Å². The van der Waals surface area contributed by atoms with Crippen LogP contribution in [0, 0.1) is 16.7 Å². The zero-order valence-electron chi connectivity index (χ0n) is 23.5. The van der Waals surface area contributed by atoms with Crippen molar-refractivity contribution in [2.45, 2.75) is 36.9 Å². The number of thioether (sulfide) groups is 1. The summed E-state index contributed by atoms with van der Waals surface area (Å²) in [5.41, 5.74) is 9.17. The van der Waals surface area contributed by atoms with Crippen LogP contribution in [0.4, 0.5) is 10.8 Å². The van der Waals surface area contributed by atoms with Gasteiger partial charge in [0.2, 0.25) is 11.0 Å². The van der Waals surface area contributed by atoms with Crippen molar-refractivity contribution in [2.75, 3.05) is 23.1 Å². The summed E-state index contributed by atoms with van der Waals surface area (Å²) in [6, 6.07) is 15.8. The Morgan fingerprint density at radius 1 is 1.21 bits per heavy atom. The normalized spacial score (nSPS) is 17.8. The molecular weight excluding hydrogens is 608 g/mol.